The third-order valence-electron chi connectivity index (χ3n) is 16.5. The molecule has 0 radical (unpaired) electrons. The number of para-hydroxylation sites is 1. The fraction of sp³-hybridized carbons (Fsp3) is 0.600. The van der Waals surface area contributed by atoms with Crippen LogP contribution in [0, 0.1) is 51.2 Å². The van der Waals surface area contributed by atoms with E-state index in [2.05, 4.69) is 82.7 Å². The van der Waals surface area contributed by atoms with Crippen molar-refractivity contribution >= 4 is 22.8 Å². The number of hydrogen-bond acceptors (Lipinski definition) is 3. The smallest absolute Gasteiger partial charge is 0.333 e. The van der Waals surface area contributed by atoms with E-state index in [-0.39, 0.29) is 33.5 Å². The number of benzene rings is 2. The van der Waals surface area contributed by atoms with Crippen LogP contribution in [0.5, 0.6) is 0 Å². The van der Waals surface area contributed by atoms with Gasteiger partial charge in [-0.1, -0.05) is 95.3 Å². The SMILES string of the molecule is C=C(C)[C@@H]1CC[C@]2(C(=O)N[C@@H](C(=O)OC)c3ccccc3)CC[C@]3(C)[C@H](CC[C@@H]4[C@@]5(C)Cc6c([nH]c7ccccc67)C(C)(C)[C@@H]5CC[C@]43C)[C@@H]12. The first-order valence-corrected chi connectivity index (χ1v) is 19.4. The Bertz CT molecular complexity index is 1860. The highest BCUT2D eigenvalue weighted by Gasteiger charge is 2.72. The Hall–Kier alpha value is -3.34. The zero-order chi connectivity index (χ0) is 35.4. The number of allylic oxidation sites excluding steroid dienone is 1. The number of methoxy groups -OCH3 is 1. The molecule has 50 heavy (non-hydrogen) atoms. The largest absolute Gasteiger partial charge is 0.467 e. The number of H-pyrrole nitrogens is 1. The van der Waals surface area contributed by atoms with Crippen LogP contribution in [0.2, 0.25) is 0 Å². The zero-order valence-electron chi connectivity index (χ0n) is 31.5. The fourth-order valence-corrected chi connectivity index (χ4v) is 14.1. The van der Waals surface area contributed by atoms with Crippen molar-refractivity contribution < 1.29 is 14.3 Å². The van der Waals surface area contributed by atoms with Crippen molar-refractivity contribution in [2.24, 2.45) is 51.2 Å². The van der Waals surface area contributed by atoms with Crippen LogP contribution in [0.15, 0.2) is 66.7 Å². The van der Waals surface area contributed by atoms with Crippen LogP contribution in [-0.2, 0) is 26.2 Å². The number of aromatic nitrogens is 1. The maximum Gasteiger partial charge on any atom is 0.333 e. The van der Waals surface area contributed by atoms with Crippen molar-refractivity contribution in [2.75, 3.05) is 7.11 Å². The van der Waals surface area contributed by atoms with Crippen LogP contribution in [0.25, 0.3) is 10.9 Å². The van der Waals surface area contributed by atoms with Gasteiger partial charge in [0.25, 0.3) is 0 Å². The van der Waals surface area contributed by atoms with Gasteiger partial charge < -0.3 is 15.0 Å². The molecule has 0 bridgehead atoms. The lowest BCUT2D eigenvalue weighted by Gasteiger charge is -2.72. The van der Waals surface area contributed by atoms with Crippen molar-refractivity contribution in [1.29, 1.82) is 0 Å². The molecule has 0 saturated heterocycles. The van der Waals surface area contributed by atoms with Crippen LogP contribution >= 0.6 is 0 Å². The highest BCUT2D eigenvalue weighted by molar-refractivity contribution is 5.89. The van der Waals surface area contributed by atoms with Gasteiger partial charge in [0, 0.05) is 22.0 Å². The molecule has 1 heterocycles. The average Bonchev–Trinajstić information content (AvgIpc) is 3.68. The summed E-state index contributed by atoms with van der Waals surface area (Å²) in [5.41, 5.74) is 6.32. The molecule has 3 aromatic rings. The van der Waals surface area contributed by atoms with E-state index in [4.69, 9.17) is 4.74 Å². The van der Waals surface area contributed by atoms with Gasteiger partial charge in [0.1, 0.15) is 0 Å². The van der Waals surface area contributed by atoms with E-state index in [1.54, 1.807) is 5.56 Å². The molecule has 5 heteroatoms. The topological polar surface area (TPSA) is 71.2 Å². The number of carbonyl (C=O) groups excluding carboxylic acids is 2. The average molecular weight is 675 g/mol. The third kappa shape index (κ3) is 4.36. The van der Waals surface area contributed by atoms with Gasteiger partial charge in [0.05, 0.1) is 12.5 Å². The molecule has 0 unspecified atom stereocenters. The molecule has 5 aliphatic rings. The van der Waals surface area contributed by atoms with Crippen molar-refractivity contribution in [3.63, 3.8) is 0 Å². The first kappa shape index (κ1) is 33.8. The molecule has 2 N–H and O–H groups in total. The van der Waals surface area contributed by atoms with Crippen LogP contribution in [-0.4, -0.2) is 24.0 Å². The molecular weight excluding hydrogens is 617 g/mol. The highest BCUT2D eigenvalue weighted by atomic mass is 16.5. The number of rotatable bonds is 5. The van der Waals surface area contributed by atoms with Gasteiger partial charge in [-0.15, -0.1) is 0 Å². The van der Waals surface area contributed by atoms with E-state index in [0.717, 1.165) is 44.1 Å². The standard InChI is InChI=1S/C45H58N2O3/c1-27(2)29-20-23-45(40(49)47-37(39(48)50-8)28-14-10-9-11-15-28)25-24-43(6)32(36(29)45)18-19-35-42(5)26-31-30-16-12-13-17-33(30)46-38(31)41(3,4)34(42)21-22-44(35,43)7/h9-17,29,32,34-37,46H,1,18-26H2,2-8H3,(H,47,49)/t29-,32+,34-,35+,36+,37+,42-,43+,44+,45-/m0/s1. The maximum absolute atomic E-state index is 14.9. The summed E-state index contributed by atoms with van der Waals surface area (Å²) in [5.74, 6) is 1.82. The van der Waals surface area contributed by atoms with Gasteiger partial charge in [-0.2, -0.15) is 0 Å². The Labute approximate surface area is 299 Å². The van der Waals surface area contributed by atoms with Crippen LogP contribution in [0.1, 0.15) is 116 Å². The normalized spacial score (nSPS) is 38.8. The summed E-state index contributed by atoms with van der Waals surface area (Å²) in [6.07, 6.45) is 9.75. The Kier molecular flexibility index (Phi) is 7.65. The minimum absolute atomic E-state index is 0.0383. The monoisotopic (exact) mass is 674 g/mol. The summed E-state index contributed by atoms with van der Waals surface area (Å²) in [6, 6.07) is 17.7. The van der Waals surface area contributed by atoms with Gasteiger partial charge in [-0.25, -0.2) is 4.79 Å². The zero-order valence-corrected chi connectivity index (χ0v) is 31.5. The maximum atomic E-state index is 14.9. The summed E-state index contributed by atoms with van der Waals surface area (Å²) in [7, 11) is 1.41. The Morgan fingerprint density at radius 1 is 0.860 bits per heavy atom. The second-order valence-corrected chi connectivity index (χ2v) is 18.6. The van der Waals surface area contributed by atoms with Crippen molar-refractivity contribution in [2.45, 2.75) is 111 Å². The Morgan fingerprint density at radius 2 is 1.58 bits per heavy atom. The van der Waals surface area contributed by atoms with Gasteiger partial charge in [0.2, 0.25) is 5.91 Å². The molecule has 4 saturated carbocycles. The molecule has 2 aromatic carbocycles. The van der Waals surface area contributed by atoms with Crippen LogP contribution < -0.4 is 5.32 Å². The quantitative estimate of drug-likeness (QED) is 0.209. The Balaban J connectivity index is 1.16. The molecule has 5 aliphatic carbocycles. The summed E-state index contributed by atoms with van der Waals surface area (Å²) < 4.78 is 5.24. The van der Waals surface area contributed by atoms with Crippen LogP contribution in [0.4, 0.5) is 0 Å². The van der Waals surface area contributed by atoms with E-state index in [1.165, 1.54) is 48.5 Å². The molecule has 8 rings (SSSR count). The lowest BCUT2D eigenvalue weighted by molar-refractivity contribution is -0.225. The number of carbonyl (C=O) groups is 2. The molecule has 5 nitrogen and oxygen atoms in total. The van der Waals surface area contributed by atoms with Gasteiger partial charge >= 0.3 is 5.97 Å². The predicted molar refractivity (Wildman–Crippen MR) is 200 cm³/mol. The van der Waals surface area contributed by atoms with Crippen LogP contribution in [0.3, 0.4) is 0 Å². The third-order valence-corrected chi connectivity index (χ3v) is 16.5. The number of fused-ring (bicyclic) bond motifs is 10. The number of esters is 1. The fourth-order valence-electron chi connectivity index (χ4n) is 14.1. The molecule has 10 atom stereocenters. The van der Waals surface area contributed by atoms with Gasteiger partial charge in [0.15, 0.2) is 6.04 Å². The van der Waals surface area contributed by atoms with Crippen molar-refractivity contribution in [3.8, 4) is 0 Å². The highest BCUT2D eigenvalue weighted by Crippen LogP contribution is 2.77. The number of ether oxygens (including phenoxy) is 1. The van der Waals surface area contributed by atoms with Gasteiger partial charge in [-0.05, 0) is 128 Å². The summed E-state index contributed by atoms with van der Waals surface area (Å²) in [6.45, 7) is 19.7. The van der Waals surface area contributed by atoms with E-state index < -0.39 is 17.4 Å². The number of aromatic amines is 1. The lowest BCUT2D eigenvalue weighted by Crippen LogP contribution is -2.67. The van der Waals surface area contributed by atoms with Crippen molar-refractivity contribution in [3.05, 3.63) is 83.6 Å². The number of hydrogen-bond donors (Lipinski definition) is 2. The van der Waals surface area contributed by atoms with Crippen molar-refractivity contribution in [1.82, 2.24) is 10.3 Å². The van der Waals surface area contributed by atoms with E-state index in [0.29, 0.717) is 23.7 Å². The van der Waals surface area contributed by atoms with Gasteiger partial charge in [-0.3, -0.25) is 4.79 Å². The predicted octanol–water partition coefficient (Wildman–Crippen LogP) is 9.87. The first-order valence-electron chi connectivity index (χ1n) is 19.4. The number of nitrogens with one attached hydrogen (secondary N) is 2. The Morgan fingerprint density at radius 3 is 2.30 bits per heavy atom. The van der Waals surface area contributed by atoms with E-state index >= 15 is 0 Å². The molecule has 0 aliphatic heterocycles. The summed E-state index contributed by atoms with van der Waals surface area (Å²) >= 11 is 0. The molecule has 1 amide bonds. The van der Waals surface area contributed by atoms with E-state index in [1.807, 2.05) is 30.3 Å². The molecule has 266 valence electrons. The molecule has 0 spiro atoms. The summed E-state index contributed by atoms with van der Waals surface area (Å²) in [5, 5.41) is 4.69. The second-order valence-electron chi connectivity index (χ2n) is 18.6. The molecule has 4 fully saturated rings. The van der Waals surface area contributed by atoms with E-state index in [9.17, 15) is 9.59 Å². The number of amides is 1. The lowest BCUT2D eigenvalue weighted by atomic mass is 9.32. The summed E-state index contributed by atoms with van der Waals surface area (Å²) in [4.78, 5) is 31.9. The molecular formula is C45H58N2O3. The minimum Gasteiger partial charge on any atom is -0.467 e. The minimum atomic E-state index is -0.812. The first-order chi connectivity index (χ1) is 23.7. The molecule has 1 aromatic heterocycles. The second kappa shape index (κ2) is 11.3.